The zero-order valence-electron chi connectivity index (χ0n) is 11.6. The fraction of sp³-hybridized carbons (Fsp3) is 0.429. The van der Waals surface area contributed by atoms with E-state index >= 15 is 0 Å². The second-order valence-electron chi connectivity index (χ2n) is 4.11. The minimum Gasteiger partial charge on any atom is -0.399 e. The van der Waals surface area contributed by atoms with Crippen LogP contribution in [0.4, 0.5) is 0 Å². The van der Waals surface area contributed by atoms with Crippen LogP contribution < -0.4 is 16.4 Å². The zero-order chi connectivity index (χ0) is 13.4. The molecule has 4 N–H and O–H groups in total. The molecule has 0 aliphatic carbocycles. The highest BCUT2D eigenvalue weighted by molar-refractivity contribution is 5.30. The van der Waals surface area contributed by atoms with Crippen LogP contribution in [-0.2, 0) is 0 Å². The first kappa shape index (κ1) is 15.4. The normalized spacial score (nSPS) is 14.2. The first-order valence-electron chi connectivity index (χ1n) is 5.90. The van der Waals surface area contributed by atoms with Gasteiger partial charge in [-0.3, -0.25) is 0 Å². The SMILES string of the molecule is C=C(N)/C(C)=C(/N/C=C(/C)CC)N/C(C)=C\C. The van der Waals surface area contributed by atoms with Crippen molar-refractivity contribution < 1.29 is 0 Å². The van der Waals surface area contributed by atoms with Gasteiger partial charge in [0.2, 0.25) is 0 Å². The van der Waals surface area contributed by atoms with E-state index in [-0.39, 0.29) is 0 Å². The minimum atomic E-state index is 0.562. The van der Waals surface area contributed by atoms with Gasteiger partial charge in [-0.25, -0.2) is 0 Å². The van der Waals surface area contributed by atoms with Gasteiger partial charge in [0.15, 0.2) is 0 Å². The summed E-state index contributed by atoms with van der Waals surface area (Å²) in [5.74, 6) is 0.876. The summed E-state index contributed by atoms with van der Waals surface area (Å²) < 4.78 is 0. The maximum absolute atomic E-state index is 5.72. The van der Waals surface area contributed by atoms with Crippen LogP contribution in [0.15, 0.2) is 47.2 Å². The maximum atomic E-state index is 5.72. The lowest BCUT2D eigenvalue weighted by Gasteiger charge is -2.15. The molecule has 0 bridgehead atoms. The Balaban J connectivity index is 5.01. The topological polar surface area (TPSA) is 50.1 Å². The Morgan fingerprint density at radius 1 is 1.29 bits per heavy atom. The number of hydrogen-bond acceptors (Lipinski definition) is 3. The average Bonchev–Trinajstić information content (AvgIpc) is 2.32. The molecular formula is C14H25N3. The van der Waals surface area contributed by atoms with E-state index in [9.17, 15) is 0 Å². The van der Waals surface area contributed by atoms with Gasteiger partial charge in [0.05, 0.1) is 0 Å². The third-order valence-corrected chi connectivity index (χ3v) is 2.63. The molecule has 0 rings (SSSR count). The van der Waals surface area contributed by atoms with E-state index in [0.717, 1.165) is 23.5 Å². The molecule has 0 aromatic heterocycles. The number of hydrogen-bond donors (Lipinski definition) is 3. The summed E-state index contributed by atoms with van der Waals surface area (Å²) in [6, 6.07) is 0. The van der Waals surface area contributed by atoms with Crippen molar-refractivity contribution in [3.63, 3.8) is 0 Å². The van der Waals surface area contributed by atoms with Crippen LogP contribution in [0.1, 0.15) is 41.0 Å². The van der Waals surface area contributed by atoms with Crippen LogP contribution in [-0.4, -0.2) is 0 Å². The number of allylic oxidation sites excluding steroid dienone is 4. The zero-order valence-corrected chi connectivity index (χ0v) is 11.6. The monoisotopic (exact) mass is 235 g/mol. The lowest BCUT2D eigenvalue weighted by atomic mass is 10.2. The molecule has 0 saturated carbocycles. The molecule has 0 aromatic rings. The van der Waals surface area contributed by atoms with Gasteiger partial charge in [0.25, 0.3) is 0 Å². The van der Waals surface area contributed by atoms with Crippen molar-refractivity contribution >= 4 is 0 Å². The molecule has 0 spiro atoms. The van der Waals surface area contributed by atoms with Crippen molar-refractivity contribution in [2.75, 3.05) is 0 Å². The average molecular weight is 235 g/mol. The van der Waals surface area contributed by atoms with Crippen molar-refractivity contribution in [3.8, 4) is 0 Å². The van der Waals surface area contributed by atoms with Crippen molar-refractivity contribution in [1.82, 2.24) is 10.6 Å². The third kappa shape index (κ3) is 5.85. The Bertz CT molecular complexity index is 360. The summed E-state index contributed by atoms with van der Waals surface area (Å²) in [4.78, 5) is 0. The summed E-state index contributed by atoms with van der Waals surface area (Å²) in [6.45, 7) is 13.9. The van der Waals surface area contributed by atoms with Crippen molar-refractivity contribution in [1.29, 1.82) is 0 Å². The summed E-state index contributed by atoms with van der Waals surface area (Å²) in [6.07, 6.45) is 5.01. The molecular weight excluding hydrogens is 210 g/mol. The minimum absolute atomic E-state index is 0.562. The van der Waals surface area contributed by atoms with E-state index in [2.05, 4.69) is 31.1 Å². The quantitative estimate of drug-likeness (QED) is 0.620. The van der Waals surface area contributed by atoms with Gasteiger partial charge >= 0.3 is 0 Å². The van der Waals surface area contributed by atoms with Crippen LogP contribution in [0.25, 0.3) is 0 Å². The van der Waals surface area contributed by atoms with E-state index in [1.54, 1.807) is 0 Å². The molecule has 0 amide bonds. The Morgan fingerprint density at radius 2 is 1.88 bits per heavy atom. The summed E-state index contributed by atoms with van der Waals surface area (Å²) in [5, 5.41) is 6.51. The fourth-order valence-electron chi connectivity index (χ4n) is 0.965. The summed E-state index contributed by atoms with van der Waals surface area (Å²) >= 11 is 0. The Kier molecular flexibility index (Phi) is 6.87. The highest BCUT2D eigenvalue weighted by Gasteiger charge is 2.02. The van der Waals surface area contributed by atoms with Crippen LogP contribution in [0, 0.1) is 0 Å². The predicted molar refractivity (Wildman–Crippen MR) is 75.8 cm³/mol. The second kappa shape index (κ2) is 7.60. The van der Waals surface area contributed by atoms with Gasteiger partial charge < -0.3 is 16.4 Å². The lowest BCUT2D eigenvalue weighted by molar-refractivity contribution is 0.830. The van der Waals surface area contributed by atoms with Crippen molar-refractivity contribution in [2.24, 2.45) is 5.73 Å². The lowest BCUT2D eigenvalue weighted by Crippen LogP contribution is -2.24. The largest absolute Gasteiger partial charge is 0.399 e. The van der Waals surface area contributed by atoms with E-state index in [1.807, 2.05) is 33.0 Å². The smallest absolute Gasteiger partial charge is 0.112 e. The van der Waals surface area contributed by atoms with Crippen LogP contribution >= 0.6 is 0 Å². The van der Waals surface area contributed by atoms with Gasteiger partial charge in [-0.1, -0.05) is 25.2 Å². The molecule has 3 nitrogen and oxygen atoms in total. The Hall–Kier alpha value is -1.64. The molecule has 17 heavy (non-hydrogen) atoms. The molecule has 0 radical (unpaired) electrons. The molecule has 0 saturated heterocycles. The molecule has 96 valence electrons. The molecule has 0 aliphatic rings. The summed E-state index contributed by atoms with van der Waals surface area (Å²) in [7, 11) is 0. The molecule has 0 aliphatic heterocycles. The van der Waals surface area contributed by atoms with Gasteiger partial charge in [-0.05, 0) is 34.1 Å². The van der Waals surface area contributed by atoms with Gasteiger partial charge in [0.1, 0.15) is 5.82 Å². The predicted octanol–water partition coefficient (Wildman–Crippen LogP) is 3.11. The molecule has 0 unspecified atom stereocenters. The van der Waals surface area contributed by atoms with Gasteiger partial charge in [-0.15, -0.1) is 0 Å². The molecule has 0 atom stereocenters. The number of nitrogens with one attached hydrogen (secondary N) is 2. The Labute approximate surface area is 105 Å². The summed E-state index contributed by atoms with van der Waals surface area (Å²) in [5.41, 5.74) is 9.55. The van der Waals surface area contributed by atoms with Crippen molar-refractivity contribution in [3.05, 3.63) is 47.2 Å². The van der Waals surface area contributed by atoms with Gasteiger partial charge in [-0.2, -0.15) is 0 Å². The highest BCUT2D eigenvalue weighted by Crippen LogP contribution is 2.07. The molecule has 0 heterocycles. The maximum Gasteiger partial charge on any atom is 0.112 e. The van der Waals surface area contributed by atoms with Gasteiger partial charge in [0, 0.05) is 23.2 Å². The fourth-order valence-corrected chi connectivity index (χ4v) is 0.965. The van der Waals surface area contributed by atoms with Crippen LogP contribution in [0.3, 0.4) is 0 Å². The van der Waals surface area contributed by atoms with E-state index in [0.29, 0.717) is 5.70 Å². The third-order valence-electron chi connectivity index (χ3n) is 2.63. The van der Waals surface area contributed by atoms with E-state index < -0.39 is 0 Å². The van der Waals surface area contributed by atoms with E-state index in [4.69, 9.17) is 5.73 Å². The molecule has 3 heteroatoms. The molecule has 0 fully saturated rings. The Morgan fingerprint density at radius 3 is 2.29 bits per heavy atom. The highest BCUT2D eigenvalue weighted by atomic mass is 15.1. The van der Waals surface area contributed by atoms with Crippen molar-refractivity contribution in [2.45, 2.75) is 41.0 Å². The molecule has 0 aromatic carbocycles. The number of rotatable bonds is 6. The van der Waals surface area contributed by atoms with Crippen LogP contribution in [0.2, 0.25) is 0 Å². The standard InChI is InChI=1S/C14H25N3/c1-7-10(3)9-16-14(12(5)13(6)15)17-11(4)8-2/h8-9,16-17H,6-7,15H2,1-5H3/b10-9-,11-8-,14-12-. The number of nitrogens with two attached hydrogens (primary N) is 1. The van der Waals surface area contributed by atoms with Crippen LogP contribution in [0.5, 0.6) is 0 Å². The first-order chi connectivity index (χ1) is 7.92. The first-order valence-corrected chi connectivity index (χ1v) is 5.90. The van der Waals surface area contributed by atoms with E-state index in [1.165, 1.54) is 5.57 Å². The second-order valence-corrected chi connectivity index (χ2v) is 4.11.